The van der Waals surface area contributed by atoms with Gasteiger partial charge in [-0.3, -0.25) is 0 Å². The van der Waals surface area contributed by atoms with Crippen LogP contribution in [0.2, 0.25) is 0 Å². The minimum Gasteiger partial charge on any atom is -0.0782 e. The van der Waals surface area contributed by atoms with Gasteiger partial charge in [0.15, 0.2) is 0 Å². The Morgan fingerprint density at radius 3 is 2.38 bits per heavy atom. The van der Waals surface area contributed by atoms with Crippen LogP contribution in [0, 0.1) is 16.7 Å². The van der Waals surface area contributed by atoms with Crippen molar-refractivity contribution in [1.29, 1.82) is 0 Å². The first kappa shape index (κ1) is 9.89. The van der Waals surface area contributed by atoms with Gasteiger partial charge in [0, 0.05) is 16.7 Å². The highest BCUT2D eigenvalue weighted by molar-refractivity contribution is 5.57. The standard InChI is InChI=1S/C16H18/c1-15(2)8-4-12-6-10-16(3)11-7-13(5-9-15)14(12)16/h4-12H,1-3H3/b8-4-,9-5-. The number of hydrogen-bond donors (Lipinski definition) is 0. The van der Waals surface area contributed by atoms with Crippen LogP contribution in [0.1, 0.15) is 20.8 Å². The molecule has 82 valence electrons. The summed E-state index contributed by atoms with van der Waals surface area (Å²) in [7, 11) is 0. The molecule has 3 rings (SSSR count). The molecule has 0 spiro atoms. The number of rotatable bonds is 0. The van der Waals surface area contributed by atoms with Gasteiger partial charge in [0.25, 0.3) is 0 Å². The molecule has 0 radical (unpaired) electrons. The lowest BCUT2D eigenvalue weighted by Gasteiger charge is -2.23. The van der Waals surface area contributed by atoms with Gasteiger partial charge in [-0.2, -0.15) is 0 Å². The maximum Gasteiger partial charge on any atom is 0.0264 e. The Labute approximate surface area is 97.7 Å². The summed E-state index contributed by atoms with van der Waals surface area (Å²) in [5.74, 6) is 0.499. The van der Waals surface area contributed by atoms with Crippen molar-refractivity contribution >= 4 is 0 Å². The molecule has 0 N–H and O–H groups in total. The molecule has 0 heteroatoms. The highest BCUT2D eigenvalue weighted by Crippen LogP contribution is 2.49. The van der Waals surface area contributed by atoms with E-state index in [4.69, 9.17) is 0 Å². The molecule has 0 heterocycles. The molecule has 0 bridgehead atoms. The number of hydrogen-bond acceptors (Lipinski definition) is 0. The third kappa shape index (κ3) is 1.29. The lowest BCUT2D eigenvalue weighted by molar-refractivity contribution is 0.609. The van der Waals surface area contributed by atoms with E-state index in [1.807, 2.05) is 0 Å². The molecule has 3 aliphatic carbocycles. The van der Waals surface area contributed by atoms with Crippen molar-refractivity contribution in [2.75, 3.05) is 0 Å². The van der Waals surface area contributed by atoms with Crippen LogP contribution in [0.3, 0.4) is 0 Å². The van der Waals surface area contributed by atoms with E-state index in [1.54, 1.807) is 5.57 Å². The van der Waals surface area contributed by atoms with E-state index in [1.165, 1.54) is 5.57 Å². The van der Waals surface area contributed by atoms with Gasteiger partial charge >= 0.3 is 0 Å². The van der Waals surface area contributed by atoms with E-state index in [9.17, 15) is 0 Å². The fourth-order valence-electron chi connectivity index (χ4n) is 2.87. The summed E-state index contributed by atoms with van der Waals surface area (Å²) in [6, 6.07) is 0. The van der Waals surface area contributed by atoms with Gasteiger partial charge in [-0.1, -0.05) is 62.5 Å². The van der Waals surface area contributed by atoms with Crippen LogP contribution in [0.25, 0.3) is 0 Å². The Bertz CT molecular complexity index is 480. The average Bonchev–Trinajstić information content (AvgIpc) is 2.67. The third-order valence-electron chi connectivity index (χ3n) is 3.91. The van der Waals surface area contributed by atoms with Gasteiger partial charge in [-0.05, 0) is 18.1 Å². The topological polar surface area (TPSA) is 0 Å². The molecule has 0 nitrogen and oxygen atoms in total. The summed E-state index contributed by atoms with van der Waals surface area (Å²) < 4.78 is 0. The maximum absolute atomic E-state index is 2.35. The summed E-state index contributed by atoms with van der Waals surface area (Å²) in [5, 5.41) is 0. The predicted molar refractivity (Wildman–Crippen MR) is 69.0 cm³/mol. The van der Waals surface area contributed by atoms with E-state index >= 15 is 0 Å². The average molecular weight is 210 g/mol. The molecule has 0 aromatic rings. The molecule has 0 fully saturated rings. The second kappa shape index (κ2) is 2.88. The van der Waals surface area contributed by atoms with E-state index in [0.717, 1.165) is 0 Å². The fourth-order valence-corrected chi connectivity index (χ4v) is 2.87. The Morgan fingerprint density at radius 1 is 0.875 bits per heavy atom. The van der Waals surface area contributed by atoms with E-state index in [2.05, 4.69) is 69.4 Å². The van der Waals surface area contributed by atoms with Crippen LogP contribution in [0.4, 0.5) is 0 Å². The molecule has 3 aliphatic rings. The molecule has 0 saturated heterocycles. The van der Waals surface area contributed by atoms with Gasteiger partial charge in [0.2, 0.25) is 0 Å². The zero-order valence-electron chi connectivity index (χ0n) is 10.2. The first-order valence-electron chi connectivity index (χ1n) is 6.02. The van der Waals surface area contributed by atoms with Crippen molar-refractivity contribution in [1.82, 2.24) is 0 Å². The maximum atomic E-state index is 2.35. The largest absolute Gasteiger partial charge is 0.0782 e. The second-order valence-corrected chi connectivity index (χ2v) is 5.88. The molecule has 0 amide bonds. The normalized spacial score (nSPS) is 41.8. The Morgan fingerprint density at radius 2 is 1.56 bits per heavy atom. The van der Waals surface area contributed by atoms with E-state index in [0.29, 0.717) is 5.92 Å². The first-order chi connectivity index (χ1) is 7.50. The first-order valence-corrected chi connectivity index (χ1v) is 6.02. The Balaban J connectivity index is 2.17. The Hall–Kier alpha value is -1.30. The summed E-state index contributed by atoms with van der Waals surface area (Å²) in [4.78, 5) is 0. The number of allylic oxidation sites excluding steroid dienone is 10. The summed E-state index contributed by atoms with van der Waals surface area (Å²) in [6.07, 6.45) is 18.6. The van der Waals surface area contributed by atoms with Crippen molar-refractivity contribution in [2.24, 2.45) is 16.7 Å². The highest BCUT2D eigenvalue weighted by Gasteiger charge is 2.37. The van der Waals surface area contributed by atoms with Gasteiger partial charge in [0.05, 0.1) is 0 Å². The SMILES string of the molecule is CC1(C)/C=C\C2=C3C(C=CC3(C)C=C2)/C=C\1. The molecular weight excluding hydrogens is 192 g/mol. The second-order valence-electron chi connectivity index (χ2n) is 5.88. The molecule has 0 aromatic carbocycles. The van der Waals surface area contributed by atoms with Crippen LogP contribution < -0.4 is 0 Å². The monoisotopic (exact) mass is 210 g/mol. The molecule has 16 heavy (non-hydrogen) atoms. The zero-order chi connectivity index (χ0) is 11.4. The molecule has 2 unspecified atom stereocenters. The van der Waals surface area contributed by atoms with Gasteiger partial charge in [-0.25, -0.2) is 0 Å². The van der Waals surface area contributed by atoms with Crippen LogP contribution in [0.5, 0.6) is 0 Å². The van der Waals surface area contributed by atoms with Gasteiger partial charge in [-0.15, -0.1) is 0 Å². The molecule has 2 atom stereocenters. The molecule has 0 aliphatic heterocycles. The Kier molecular flexibility index (Phi) is 1.78. The summed E-state index contributed by atoms with van der Waals surface area (Å²) in [6.45, 7) is 6.81. The zero-order valence-corrected chi connectivity index (χ0v) is 10.2. The fraction of sp³-hybridized carbons (Fsp3) is 0.375. The van der Waals surface area contributed by atoms with Crippen molar-refractivity contribution in [3.05, 3.63) is 59.8 Å². The minimum atomic E-state index is 0.168. The van der Waals surface area contributed by atoms with Gasteiger partial charge in [0.1, 0.15) is 0 Å². The van der Waals surface area contributed by atoms with Crippen molar-refractivity contribution in [2.45, 2.75) is 20.8 Å². The van der Waals surface area contributed by atoms with Crippen molar-refractivity contribution in [3.63, 3.8) is 0 Å². The summed E-state index contributed by atoms with van der Waals surface area (Å²) in [5.41, 5.74) is 3.31. The van der Waals surface area contributed by atoms with Crippen LogP contribution in [0.15, 0.2) is 59.8 Å². The quantitative estimate of drug-likeness (QED) is 0.526. The van der Waals surface area contributed by atoms with E-state index in [-0.39, 0.29) is 10.8 Å². The highest BCUT2D eigenvalue weighted by atomic mass is 14.4. The van der Waals surface area contributed by atoms with Crippen LogP contribution in [-0.4, -0.2) is 0 Å². The third-order valence-corrected chi connectivity index (χ3v) is 3.91. The summed E-state index contributed by atoms with van der Waals surface area (Å²) >= 11 is 0. The molecular formula is C16H18. The van der Waals surface area contributed by atoms with Crippen LogP contribution in [-0.2, 0) is 0 Å². The molecule has 0 saturated carbocycles. The lowest BCUT2D eigenvalue weighted by atomic mass is 9.80. The van der Waals surface area contributed by atoms with Crippen LogP contribution >= 0.6 is 0 Å². The predicted octanol–water partition coefficient (Wildman–Crippen LogP) is 4.20. The molecule has 0 aromatic heterocycles. The van der Waals surface area contributed by atoms with Gasteiger partial charge < -0.3 is 0 Å². The lowest BCUT2D eigenvalue weighted by Crippen LogP contribution is -2.13. The minimum absolute atomic E-state index is 0.168. The van der Waals surface area contributed by atoms with E-state index < -0.39 is 0 Å². The van der Waals surface area contributed by atoms with Crippen molar-refractivity contribution in [3.8, 4) is 0 Å². The van der Waals surface area contributed by atoms with Crippen molar-refractivity contribution < 1.29 is 0 Å². The smallest absolute Gasteiger partial charge is 0.0264 e.